The molecule has 0 spiro atoms. The maximum atomic E-state index is 12.6. The van der Waals surface area contributed by atoms with E-state index in [1.54, 1.807) is 30.3 Å². The van der Waals surface area contributed by atoms with Crippen molar-refractivity contribution in [1.82, 2.24) is 10.2 Å². The summed E-state index contributed by atoms with van der Waals surface area (Å²) < 4.78 is 0. The lowest BCUT2D eigenvalue weighted by atomic mass is 10.2. The molecule has 0 saturated heterocycles. The van der Waals surface area contributed by atoms with Crippen molar-refractivity contribution >= 4 is 40.0 Å². The Morgan fingerprint density at radius 3 is 2.32 bits per heavy atom. The molecule has 1 aromatic heterocycles. The van der Waals surface area contributed by atoms with Crippen molar-refractivity contribution in [2.24, 2.45) is 0 Å². The van der Waals surface area contributed by atoms with E-state index in [0.29, 0.717) is 16.4 Å². The molecule has 0 radical (unpaired) electrons. The molecule has 0 unspecified atom stereocenters. The van der Waals surface area contributed by atoms with Crippen LogP contribution in [0.3, 0.4) is 0 Å². The van der Waals surface area contributed by atoms with Crippen LogP contribution in [0.15, 0.2) is 91.0 Å². The fraction of sp³-hybridized carbons (Fsp3) is 0. The molecular formula is C24H18N4O2S. The number of rotatable bonds is 6. The van der Waals surface area contributed by atoms with Crippen molar-refractivity contribution < 1.29 is 9.59 Å². The normalized spacial score (nSPS) is 10.7. The quantitative estimate of drug-likeness (QED) is 0.420. The van der Waals surface area contributed by atoms with Crippen LogP contribution in [0, 0.1) is 0 Å². The lowest BCUT2D eigenvalue weighted by Gasteiger charge is -2.05. The van der Waals surface area contributed by atoms with Gasteiger partial charge in [0, 0.05) is 22.9 Å². The van der Waals surface area contributed by atoms with Gasteiger partial charge in [-0.05, 0) is 29.8 Å². The van der Waals surface area contributed by atoms with Crippen molar-refractivity contribution in [3.05, 3.63) is 102 Å². The average molecular weight is 427 g/mol. The molecule has 4 rings (SSSR count). The number of hydrogen-bond donors (Lipinski definition) is 2. The van der Waals surface area contributed by atoms with Gasteiger partial charge in [0.1, 0.15) is 5.01 Å². The molecule has 0 saturated carbocycles. The van der Waals surface area contributed by atoms with Gasteiger partial charge in [-0.25, -0.2) is 0 Å². The highest BCUT2D eigenvalue weighted by molar-refractivity contribution is 7.18. The zero-order valence-corrected chi connectivity index (χ0v) is 17.2. The minimum Gasteiger partial charge on any atom is -0.322 e. The third kappa shape index (κ3) is 5.49. The first-order valence-corrected chi connectivity index (χ1v) is 10.3. The number of aromatic nitrogens is 2. The standard InChI is InChI=1S/C24H18N4O2S/c29-21(15-14-17-8-3-1-4-9-17)25-20-13-7-12-19(16-20)22(30)26-24-28-27-23(31-24)18-10-5-2-6-11-18/h1-16H,(H,25,29)(H,26,28,30)/b15-14+. The second-order valence-corrected chi connectivity index (χ2v) is 7.52. The number of amides is 2. The molecule has 2 N–H and O–H groups in total. The van der Waals surface area contributed by atoms with Crippen molar-refractivity contribution in [2.75, 3.05) is 10.6 Å². The Balaban J connectivity index is 1.40. The van der Waals surface area contributed by atoms with Gasteiger partial charge in [0.25, 0.3) is 5.91 Å². The first-order valence-electron chi connectivity index (χ1n) is 9.52. The van der Waals surface area contributed by atoms with Gasteiger partial charge in [-0.1, -0.05) is 78.1 Å². The molecule has 6 nitrogen and oxygen atoms in total. The summed E-state index contributed by atoms with van der Waals surface area (Å²) in [7, 11) is 0. The number of anilines is 2. The molecule has 0 atom stereocenters. The molecular weight excluding hydrogens is 408 g/mol. The molecule has 31 heavy (non-hydrogen) atoms. The number of carbonyl (C=O) groups excluding carboxylic acids is 2. The molecule has 0 aliphatic rings. The first-order chi connectivity index (χ1) is 15.2. The lowest BCUT2D eigenvalue weighted by molar-refractivity contribution is -0.111. The van der Waals surface area contributed by atoms with E-state index in [1.165, 1.54) is 17.4 Å². The Hall–Kier alpha value is -4.10. The monoisotopic (exact) mass is 426 g/mol. The van der Waals surface area contributed by atoms with Gasteiger partial charge >= 0.3 is 0 Å². The molecule has 4 aromatic rings. The van der Waals surface area contributed by atoms with Crippen LogP contribution in [-0.2, 0) is 4.79 Å². The average Bonchev–Trinajstić information content (AvgIpc) is 3.28. The zero-order chi connectivity index (χ0) is 21.5. The Kier molecular flexibility index (Phi) is 6.25. The number of carbonyl (C=O) groups is 2. The highest BCUT2D eigenvalue weighted by Gasteiger charge is 2.12. The molecule has 0 bridgehead atoms. The summed E-state index contributed by atoms with van der Waals surface area (Å²) in [5, 5.41) is 14.8. The van der Waals surface area contributed by atoms with E-state index < -0.39 is 0 Å². The molecule has 3 aromatic carbocycles. The fourth-order valence-corrected chi connectivity index (χ4v) is 3.54. The van der Waals surface area contributed by atoms with E-state index in [4.69, 9.17) is 0 Å². The van der Waals surface area contributed by atoms with Crippen LogP contribution in [-0.4, -0.2) is 22.0 Å². The third-order valence-corrected chi connectivity index (χ3v) is 5.17. The minimum absolute atomic E-state index is 0.280. The smallest absolute Gasteiger partial charge is 0.257 e. The van der Waals surface area contributed by atoms with Crippen molar-refractivity contribution in [2.45, 2.75) is 0 Å². The molecule has 0 fully saturated rings. The summed E-state index contributed by atoms with van der Waals surface area (Å²) in [5.74, 6) is -0.607. The summed E-state index contributed by atoms with van der Waals surface area (Å²) in [6.07, 6.45) is 3.18. The summed E-state index contributed by atoms with van der Waals surface area (Å²) in [4.78, 5) is 24.8. The van der Waals surface area contributed by atoms with Crippen LogP contribution in [0.5, 0.6) is 0 Å². The second-order valence-electron chi connectivity index (χ2n) is 6.55. The predicted molar refractivity (Wildman–Crippen MR) is 124 cm³/mol. The van der Waals surface area contributed by atoms with E-state index >= 15 is 0 Å². The van der Waals surface area contributed by atoms with Crippen molar-refractivity contribution in [1.29, 1.82) is 0 Å². The van der Waals surface area contributed by atoms with Gasteiger partial charge in [-0.2, -0.15) is 0 Å². The summed E-state index contributed by atoms with van der Waals surface area (Å²) in [6.45, 7) is 0. The molecule has 1 heterocycles. The Morgan fingerprint density at radius 2 is 1.55 bits per heavy atom. The van der Waals surface area contributed by atoms with E-state index in [0.717, 1.165) is 16.1 Å². The van der Waals surface area contributed by atoms with Crippen LogP contribution in [0.1, 0.15) is 15.9 Å². The van der Waals surface area contributed by atoms with Gasteiger partial charge < -0.3 is 5.32 Å². The summed E-state index contributed by atoms with van der Waals surface area (Å²) >= 11 is 1.30. The molecule has 2 amide bonds. The number of nitrogens with zero attached hydrogens (tertiary/aromatic N) is 2. The third-order valence-electron chi connectivity index (χ3n) is 4.29. The molecule has 0 aliphatic heterocycles. The van der Waals surface area contributed by atoms with E-state index in [2.05, 4.69) is 20.8 Å². The Morgan fingerprint density at radius 1 is 0.806 bits per heavy atom. The fourth-order valence-electron chi connectivity index (χ4n) is 2.80. The van der Waals surface area contributed by atoms with Crippen LogP contribution in [0.25, 0.3) is 16.6 Å². The molecule has 0 aliphatic carbocycles. The van der Waals surface area contributed by atoms with Crippen LogP contribution >= 0.6 is 11.3 Å². The van der Waals surface area contributed by atoms with E-state index in [1.807, 2.05) is 60.7 Å². The first kappa shape index (κ1) is 20.2. The summed E-state index contributed by atoms with van der Waals surface area (Å²) in [6, 6.07) is 25.9. The van der Waals surface area contributed by atoms with Gasteiger partial charge in [0.2, 0.25) is 11.0 Å². The molecule has 7 heteroatoms. The van der Waals surface area contributed by atoms with Crippen LogP contribution < -0.4 is 10.6 Å². The largest absolute Gasteiger partial charge is 0.322 e. The van der Waals surface area contributed by atoms with Crippen LogP contribution in [0.2, 0.25) is 0 Å². The van der Waals surface area contributed by atoms with Crippen molar-refractivity contribution in [3.8, 4) is 10.6 Å². The highest BCUT2D eigenvalue weighted by Crippen LogP contribution is 2.26. The highest BCUT2D eigenvalue weighted by atomic mass is 32.1. The van der Waals surface area contributed by atoms with Crippen LogP contribution in [0.4, 0.5) is 10.8 Å². The van der Waals surface area contributed by atoms with Gasteiger partial charge in [0.15, 0.2) is 0 Å². The second kappa shape index (κ2) is 9.60. The number of benzene rings is 3. The predicted octanol–water partition coefficient (Wildman–Crippen LogP) is 5.11. The maximum absolute atomic E-state index is 12.6. The number of hydrogen-bond acceptors (Lipinski definition) is 5. The zero-order valence-electron chi connectivity index (χ0n) is 16.4. The topological polar surface area (TPSA) is 84.0 Å². The SMILES string of the molecule is O=C(/C=C/c1ccccc1)Nc1cccc(C(=O)Nc2nnc(-c3ccccc3)s2)c1. The van der Waals surface area contributed by atoms with Crippen molar-refractivity contribution in [3.63, 3.8) is 0 Å². The van der Waals surface area contributed by atoms with E-state index in [-0.39, 0.29) is 11.8 Å². The number of nitrogens with one attached hydrogen (secondary N) is 2. The Labute approximate surface area is 183 Å². The van der Waals surface area contributed by atoms with Gasteiger partial charge in [-0.15, -0.1) is 10.2 Å². The molecule has 152 valence electrons. The lowest BCUT2D eigenvalue weighted by Crippen LogP contribution is -2.13. The van der Waals surface area contributed by atoms with Gasteiger partial charge in [-0.3, -0.25) is 14.9 Å². The van der Waals surface area contributed by atoms with E-state index in [9.17, 15) is 9.59 Å². The van der Waals surface area contributed by atoms with Gasteiger partial charge in [0.05, 0.1) is 0 Å². The summed E-state index contributed by atoms with van der Waals surface area (Å²) in [5.41, 5.74) is 2.80. The Bertz CT molecular complexity index is 1220. The maximum Gasteiger partial charge on any atom is 0.257 e. The minimum atomic E-state index is -0.327.